The Labute approximate surface area is 147 Å². The first-order valence-electron chi connectivity index (χ1n) is 6.67. The average molecular weight is 371 g/mol. The molecule has 0 aliphatic heterocycles. The first-order valence-corrected chi connectivity index (χ1v) is 7.55. The molecule has 0 spiro atoms. The zero-order chi connectivity index (χ0) is 15.1. The molecule has 0 radical (unpaired) electrons. The molecule has 0 saturated carbocycles. The number of hydrogen-bond donors (Lipinski definition) is 3. The van der Waals surface area contributed by atoms with Gasteiger partial charge < -0.3 is 16.4 Å². The lowest BCUT2D eigenvalue weighted by Gasteiger charge is -2.14. The maximum absolute atomic E-state index is 11.6. The molecule has 0 bridgehead atoms. The van der Waals surface area contributed by atoms with E-state index in [-0.39, 0.29) is 49.1 Å². The smallest absolute Gasteiger partial charge is 0.239 e. The molecule has 1 aromatic rings. The summed E-state index contributed by atoms with van der Waals surface area (Å²) in [6.07, 6.45) is 0.891. The van der Waals surface area contributed by atoms with Crippen LogP contribution in [0.3, 0.4) is 0 Å². The Morgan fingerprint density at radius 2 is 1.95 bits per heavy atom. The molecular formula is C13H24Cl2N4O2S. The van der Waals surface area contributed by atoms with E-state index < -0.39 is 6.04 Å². The van der Waals surface area contributed by atoms with Gasteiger partial charge in [0.2, 0.25) is 11.8 Å². The average Bonchev–Trinajstić information content (AvgIpc) is 2.89. The zero-order valence-electron chi connectivity index (χ0n) is 12.9. The number of aromatic nitrogens is 1. The van der Waals surface area contributed by atoms with Crippen molar-refractivity contribution in [2.75, 3.05) is 6.54 Å². The van der Waals surface area contributed by atoms with Gasteiger partial charge in [-0.05, 0) is 12.3 Å². The number of rotatable bonds is 7. The lowest BCUT2D eigenvalue weighted by molar-refractivity contribution is -0.127. The van der Waals surface area contributed by atoms with E-state index in [0.717, 1.165) is 17.1 Å². The molecule has 0 aliphatic carbocycles. The number of thiazole rings is 1. The molecule has 1 aromatic heterocycles. The van der Waals surface area contributed by atoms with Gasteiger partial charge in [0.1, 0.15) is 0 Å². The van der Waals surface area contributed by atoms with Crippen LogP contribution in [0.5, 0.6) is 0 Å². The van der Waals surface area contributed by atoms with Gasteiger partial charge in [0.15, 0.2) is 0 Å². The third-order valence-electron chi connectivity index (χ3n) is 2.81. The van der Waals surface area contributed by atoms with Gasteiger partial charge in [-0.3, -0.25) is 9.59 Å². The fraction of sp³-hybridized carbons (Fsp3) is 0.615. The fourth-order valence-corrected chi connectivity index (χ4v) is 2.18. The molecule has 2 amide bonds. The van der Waals surface area contributed by atoms with Crippen LogP contribution in [0.4, 0.5) is 0 Å². The van der Waals surface area contributed by atoms with Crippen molar-refractivity contribution in [3.8, 4) is 0 Å². The van der Waals surface area contributed by atoms with Crippen LogP contribution in [0.1, 0.15) is 31.5 Å². The number of nitrogens with zero attached hydrogens (tertiary/aromatic N) is 1. The quantitative estimate of drug-likeness (QED) is 0.672. The largest absolute Gasteiger partial charge is 0.349 e. The SMILES string of the molecule is CCc1nc(CNC(=O)CNC(=O)[C@@H](N)C(C)C)cs1.Cl.Cl. The summed E-state index contributed by atoms with van der Waals surface area (Å²) in [6, 6.07) is -0.589. The van der Waals surface area contributed by atoms with Crippen LogP contribution in [0.2, 0.25) is 0 Å². The van der Waals surface area contributed by atoms with Crippen molar-refractivity contribution in [2.24, 2.45) is 11.7 Å². The van der Waals surface area contributed by atoms with Gasteiger partial charge in [-0.25, -0.2) is 4.98 Å². The van der Waals surface area contributed by atoms with E-state index in [4.69, 9.17) is 5.73 Å². The minimum absolute atomic E-state index is 0. The van der Waals surface area contributed by atoms with Gasteiger partial charge >= 0.3 is 0 Å². The Kier molecular flexibility index (Phi) is 12.4. The van der Waals surface area contributed by atoms with E-state index in [0.29, 0.717) is 6.54 Å². The molecule has 6 nitrogen and oxygen atoms in total. The highest BCUT2D eigenvalue weighted by Crippen LogP contribution is 2.09. The first kappa shape index (κ1) is 23.4. The van der Waals surface area contributed by atoms with E-state index in [1.54, 1.807) is 11.3 Å². The highest BCUT2D eigenvalue weighted by molar-refractivity contribution is 7.09. The van der Waals surface area contributed by atoms with Gasteiger partial charge in [0, 0.05) is 5.38 Å². The van der Waals surface area contributed by atoms with Crippen LogP contribution >= 0.6 is 36.2 Å². The summed E-state index contributed by atoms with van der Waals surface area (Å²) in [6.45, 7) is 6.07. The Bertz CT molecular complexity index is 469. The van der Waals surface area contributed by atoms with Crippen molar-refractivity contribution >= 4 is 48.0 Å². The Morgan fingerprint density at radius 3 is 2.45 bits per heavy atom. The molecule has 0 aromatic carbocycles. The number of halogens is 2. The highest BCUT2D eigenvalue weighted by Gasteiger charge is 2.17. The summed E-state index contributed by atoms with van der Waals surface area (Å²) < 4.78 is 0. The molecule has 9 heteroatoms. The maximum atomic E-state index is 11.6. The molecule has 1 heterocycles. The highest BCUT2D eigenvalue weighted by atomic mass is 35.5. The topological polar surface area (TPSA) is 97.1 Å². The summed E-state index contributed by atoms with van der Waals surface area (Å²) in [7, 11) is 0. The molecule has 22 heavy (non-hydrogen) atoms. The summed E-state index contributed by atoms with van der Waals surface area (Å²) in [5, 5.41) is 8.20. The van der Waals surface area contributed by atoms with E-state index in [1.165, 1.54) is 0 Å². The molecule has 4 N–H and O–H groups in total. The van der Waals surface area contributed by atoms with Crippen LogP contribution in [-0.4, -0.2) is 29.4 Å². The number of carbonyl (C=O) groups is 2. The maximum Gasteiger partial charge on any atom is 0.239 e. The Hall–Kier alpha value is -0.890. The molecule has 0 saturated heterocycles. The third kappa shape index (κ3) is 7.93. The van der Waals surface area contributed by atoms with Crippen molar-refractivity contribution in [3.63, 3.8) is 0 Å². The predicted molar refractivity (Wildman–Crippen MR) is 93.7 cm³/mol. The molecular weight excluding hydrogens is 347 g/mol. The van der Waals surface area contributed by atoms with Gasteiger partial charge in [0.25, 0.3) is 0 Å². The van der Waals surface area contributed by atoms with Crippen LogP contribution in [0.15, 0.2) is 5.38 Å². The monoisotopic (exact) mass is 370 g/mol. The minimum Gasteiger partial charge on any atom is -0.349 e. The molecule has 0 unspecified atom stereocenters. The fourth-order valence-electron chi connectivity index (χ4n) is 1.43. The molecule has 0 fully saturated rings. The van der Waals surface area contributed by atoms with Crippen molar-refractivity contribution in [2.45, 2.75) is 39.8 Å². The summed E-state index contributed by atoms with van der Waals surface area (Å²) in [5.41, 5.74) is 6.52. The van der Waals surface area contributed by atoms with E-state index in [9.17, 15) is 9.59 Å². The molecule has 128 valence electrons. The third-order valence-corrected chi connectivity index (χ3v) is 3.85. The normalized spacial score (nSPS) is 11.1. The van der Waals surface area contributed by atoms with Gasteiger partial charge in [-0.15, -0.1) is 36.2 Å². The molecule has 0 aliphatic rings. The van der Waals surface area contributed by atoms with Crippen LogP contribution in [0.25, 0.3) is 0 Å². The summed E-state index contributed by atoms with van der Waals surface area (Å²) in [5.74, 6) is -0.516. The number of nitrogens with two attached hydrogens (primary N) is 1. The number of hydrogen-bond acceptors (Lipinski definition) is 5. The van der Waals surface area contributed by atoms with Crippen molar-refractivity contribution in [1.82, 2.24) is 15.6 Å². The predicted octanol–water partition coefficient (Wildman–Crippen LogP) is 1.26. The second-order valence-corrected chi connectivity index (χ2v) is 5.79. The van der Waals surface area contributed by atoms with Crippen LogP contribution < -0.4 is 16.4 Å². The zero-order valence-corrected chi connectivity index (χ0v) is 15.4. The number of amides is 2. The van der Waals surface area contributed by atoms with Gasteiger partial charge in [-0.2, -0.15) is 0 Å². The van der Waals surface area contributed by atoms with Crippen LogP contribution in [0, 0.1) is 5.92 Å². The second-order valence-electron chi connectivity index (χ2n) is 4.85. The summed E-state index contributed by atoms with van der Waals surface area (Å²) in [4.78, 5) is 27.5. The van der Waals surface area contributed by atoms with E-state index >= 15 is 0 Å². The van der Waals surface area contributed by atoms with Gasteiger partial charge in [0.05, 0.1) is 29.8 Å². The molecule has 1 atom stereocenters. The lowest BCUT2D eigenvalue weighted by atomic mass is 10.1. The van der Waals surface area contributed by atoms with E-state index in [1.807, 2.05) is 26.2 Å². The lowest BCUT2D eigenvalue weighted by Crippen LogP contribution is -2.47. The Morgan fingerprint density at radius 1 is 1.32 bits per heavy atom. The Balaban J connectivity index is 0. The van der Waals surface area contributed by atoms with Crippen molar-refractivity contribution < 1.29 is 9.59 Å². The van der Waals surface area contributed by atoms with Crippen LogP contribution in [-0.2, 0) is 22.6 Å². The number of nitrogens with one attached hydrogen (secondary N) is 2. The summed E-state index contributed by atoms with van der Waals surface area (Å²) >= 11 is 1.58. The van der Waals surface area contributed by atoms with Crippen molar-refractivity contribution in [3.05, 3.63) is 16.1 Å². The number of aryl methyl sites for hydroxylation is 1. The second kappa shape index (κ2) is 11.6. The molecule has 1 rings (SSSR count). The number of carbonyl (C=O) groups excluding carboxylic acids is 2. The van der Waals surface area contributed by atoms with Crippen molar-refractivity contribution in [1.29, 1.82) is 0 Å². The van der Waals surface area contributed by atoms with Gasteiger partial charge in [-0.1, -0.05) is 20.8 Å². The van der Waals surface area contributed by atoms with E-state index in [2.05, 4.69) is 15.6 Å². The minimum atomic E-state index is -0.589. The standard InChI is InChI=1S/C13H22N4O2S.2ClH/c1-4-11-17-9(7-20-11)5-15-10(18)6-16-13(19)12(14)8(2)3;;/h7-8,12H,4-6,14H2,1-3H3,(H,15,18)(H,16,19);2*1H/t12-;;/m0../s1. The first-order chi connectivity index (χ1) is 9.43.